The van der Waals surface area contributed by atoms with E-state index < -0.39 is 255 Å². The van der Waals surface area contributed by atoms with Crippen molar-refractivity contribution in [1.82, 2.24) is 99.0 Å². The quantitative estimate of drug-likeness (QED) is 0.0195. The molecule has 0 aliphatic heterocycles. The number of aliphatic hydroxyl groups is 2. The van der Waals surface area contributed by atoms with Gasteiger partial charge in [-0.05, 0) is 64.5 Å². The molecule has 3 aromatic heterocycles. The van der Waals surface area contributed by atoms with E-state index in [9.17, 15) is 112 Å². The molecule has 1 aromatic carbocycles. The number of aliphatic carboxylic acids is 4. The minimum absolute atomic E-state index is 0.151. The highest BCUT2D eigenvalue weighted by molar-refractivity contribution is 7.98. The molecule has 113 heavy (non-hydrogen) atoms. The number of rotatable bonds is 51. The van der Waals surface area contributed by atoms with Crippen LogP contribution in [0.1, 0.15) is 102 Å². The number of imidazole rings is 3. The first-order valence-corrected chi connectivity index (χ1v) is 36.5. The Labute approximate surface area is 647 Å². The third kappa shape index (κ3) is 32.9. The maximum atomic E-state index is 14.8. The summed E-state index contributed by atoms with van der Waals surface area (Å²) in [6, 6.07) is -15.1. The van der Waals surface area contributed by atoms with Crippen molar-refractivity contribution in [3.8, 4) is 0 Å². The lowest BCUT2D eigenvalue weighted by Crippen LogP contribution is -2.69. The second kappa shape index (κ2) is 46.9. The van der Waals surface area contributed by atoms with Gasteiger partial charge in [0, 0.05) is 69.2 Å². The van der Waals surface area contributed by atoms with Crippen molar-refractivity contribution in [2.45, 2.75) is 195 Å². The van der Waals surface area contributed by atoms with E-state index in [0.29, 0.717) is 5.56 Å². The number of amides is 14. The van der Waals surface area contributed by atoms with Crippen LogP contribution in [0.4, 0.5) is 0 Å². The highest BCUT2D eigenvalue weighted by atomic mass is 32.2. The van der Waals surface area contributed by atoms with E-state index in [1.54, 1.807) is 36.6 Å². The van der Waals surface area contributed by atoms with Gasteiger partial charge in [0.15, 0.2) is 6.04 Å². The number of benzene rings is 1. The van der Waals surface area contributed by atoms with E-state index in [1.165, 1.54) is 77.0 Å². The molecule has 45 nitrogen and oxygen atoms in total. The smallest absolute Gasteiger partial charge is 0.328 e. The Morgan fingerprint density at radius 1 is 0.451 bits per heavy atom. The van der Waals surface area contributed by atoms with Crippen LogP contribution in [0.25, 0.3) is 0 Å². The monoisotopic (exact) mass is 1610 g/mol. The van der Waals surface area contributed by atoms with Crippen LogP contribution < -0.4 is 80.6 Å². The van der Waals surface area contributed by atoms with Crippen LogP contribution in [0.5, 0.6) is 0 Å². The Morgan fingerprint density at radius 3 is 1.27 bits per heavy atom. The van der Waals surface area contributed by atoms with E-state index in [4.69, 9.17) is 10.8 Å². The number of carboxylic acid groups (broad SMARTS) is 4. The number of nitrogens with zero attached hydrogens (tertiary/aromatic N) is 3. The average Bonchev–Trinajstić information content (AvgIpc) is 0.931. The number of thioether (sulfide) groups is 1. The fourth-order valence-electron chi connectivity index (χ4n) is 10.4. The number of nitrogens with one attached hydrogen (secondary N) is 16. The largest absolute Gasteiger partial charge is 0.481 e. The topological polar surface area (TPSA) is 725 Å². The molecule has 3 heterocycles. The van der Waals surface area contributed by atoms with Gasteiger partial charge < -0.3 is 126 Å². The molecule has 0 saturated heterocycles. The minimum atomic E-state index is -1.95. The highest BCUT2D eigenvalue weighted by Crippen LogP contribution is 2.13. The number of hydrogen-bond donors (Lipinski definition) is 24. The molecule has 0 saturated carbocycles. The summed E-state index contributed by atoms with van der Waals surface area (Å²) in [5, 5.41) is 88.3. The number of aromatic nitrogens is 6. The molecule has 0 fully saturated rings. The molecule has 14 amide bonds. The maximum Gasteiger partial charge on any atom is 0.328 e. The van der Waals surface area contributed by atoms with Gasteiger partial charge in [-0.1, -0.05) is 30.3 Å². The first-order valence-electron chi connectivity index (χ1n) is 35.1. The van der Waals surface area contributed by atoms with Crippen LogP contribution >= 0.6 is 11.8 Å². The standard InChI is InChI=1S/C67H95N21O24S/c1-31(76-55(99)32(2)78-66(110)53(34(4)90)88-57(101)39(68)11-15-50(92)93)54(98)77-33(3)56(100)82-44(20-36-24-70-28-73-36)63(107)83-43(19-35-9-7-6-8-10-35)61(105)80-41(13-16-51(94)95)58(102)79-40(12-14-49(69)91)59(103)84-46(22-38-26-72-30-75-38)64(108)85-45(21-37-25-71-29-74-37)62(106)81-42(17-18-113-5)60(104)86-47(23-52(96)97)65(109)87-48(27-89)67(111)112/h6-10,24-26,28-34,39-48,53,89-90H,11-23,27,68H2,1-5H3,(H2,69,91)(H,70,73)(H,71,74)(H,72,75)(H,76,99)(H,77,98)(H,78,110)(H,79,102)(H,80,105)(H,81,106)(H,82,100)(H,83,107)(H,84,103)(H,85,108)(H,86,104)(H,87,109)(H,88,101)(H,92,93)(H,94,95)(H,96,97)(H,111,112)/p+1/t31-,32-,33-,34+,39-,40-,41-,42-,43-,44-,45-,46-,47-,48-,53-/m0/s1. The fraction of sp³-hybridized carbons (Fsp3) is 0.507. The summed E-state index contributed by atoms with van der Waals surface area (Å²) in [6.45, 7) is 3.71. The average molecular weight is 1610 g/mol. The Hall–Kier alpha value is -12.5. The van der Waals surface area contributed by atoms with Crippen molar-refractivity contribution in [2.24, 2.45) is 5.73 Å². The van der Waals surface area contributed by atoms with Crippen molar-refractivity contribution >= 4 is 118 Å². The molecule has 15 atom stereocenters. The number of hydrogen-bond acceptors (Lipinski definition) is 24. The van der Waals surface area contributed by atoms with Crippen molar-refractivity contribution < 1.29 is 123 Å². The molecule has 4 aromatic rings. The number of H-pyrrole nitrogens is 3. The van der Waals surface area contributed by atoms with Gasteiger partial charge in [-0.15, -0.1) is 0 Å². The van der Waals surface area contributed by atoms with Gasteiger partial charge >= 0.3 is 23.9 Å². The third-order valence-corrected chi connectivity index (χ3v) is 17.4. The van der Waals surface area contributed by atoms with Gasteiger partial charge in [0.2, 0.25) is 76.8 Å². The van der Waals surface area contributed by atoms with Gasteiger partial charge in [-0.25, -0.2) is 19.7 Å². The second-order valence-electron chi connectivity index (χ2n) is 25.9. The van der Waals surface area contributed by atoms with Gasteiger partial charge in [-0.2, -0.15) is 11.8 Å². The SMILES string of the molecule is CSCC[C@H](NC(=O)[C@H](Cc1c[nH]cn1)NC(=O)[C@H](Cc1cnc[nH]1)NC(=O)[C@H](CCC(N)=O)NC(=O)[C@H](CCC(=O)O)NC(=O)[C@H](Cc1ccccc1)NC(=O)[C@H](Cc1c[nH]cn1)NC(=O)[C@H](C)NC(=O)[C@H](C)NC(=O)[C@H](C)NC(=O)[C@@H](NC(=O)[C@@H]([NH3+])CCC(=O)O)[C@@H](C)O)C(=O)N[C@@H](CC(=O)O)C(=O)N[C@@H](CO)C(=O)O. The Kier molecular flexibility index (Phi) is 38.6. The molecule has 0 bridgehead atoms. The lowest BCUT2D eigenvalue weighted by molar-refractivity contribution is -0.405. The fourth-order valence-corrected chi connectivity index (χ4v) is 10.9. The van der Waals surface area contributed by atoms with E-state index in [1.807, 2.05) is 5.32 Å². The van der Waals surface area contributed by atoms with Crippen LogP contribution in [0, 0.1) is 0 Å². The first kappa shape index (κ1) is 92.9. The summed E-state index contributed by atoms with van der Waals surface area (Å²) in [6.07, 6.45) is 1.58. The lowest BCUT2D eigenvalue weighted by Gasteiger charge is -2.28. The molecule has 0 aliphatic carbocycles. The Morgan fingerprint density at radius 2 is 0.850 bits per heavy atom. The van der Waals surface area contributed by atoms with Crippen LogP contribution in [-0.2, 0) is 112 Å². The predicted molar refractivity (Wildman–Crippen MR) is 390 cm³/mol. The van der Waals surface area contributed by atoms with Crippen LogP contribution in [0.3, 0.4) is 0 Å². The molecule has 4 rings (SSSR count). The summed E-state index contributed by atoms with van der Waals surface area (Å²) in [5.41, 5.74) is 10.0. The number of primary amides is 1. The highest BCUT2D eigenvalue weighted by Gasteiger charge is 2.39. The van der Waals surface area contributed by atoms with Crippen LogP contribution in [0.2, 0.25) is 0 Å². The number of nitrogens with two attached hydrogens (primary N) is 1. The molecule has 0 unspecified atom stereocenters. The number of aliphatic hydroxyl groups excluding tert-OH is 2. The number of carbonyl (C=O) groups excluding carboxylic acids is 14. The summed E-state index contributed by atoms with van der Waals surface area (Å²) in [5.74, 6) is -21.0. The minimum Gasteiger partial charge on any atom is -0.481 e. The molecule has 27 N–H and O–H groups in total. The van der Waals surface area contributed by atoms with E-state index in [-0.39, 0.29) is 48.5 Å². The van der Waals surface area contributed by atoms with Crippen molar-refractivity contribution in [1.29, 1.82) is 0 Å². The molecule has 0 aliphatic rings. The molecular formula is C67H96N21O24S+. The van der Waals surface area contributed by atoms with E-state index in [2.05, 4.69) is 99.4 Å². The molecule has 0 spiro atoms. The summed E-state index contributed by atoms with van der Waals surface area (Å²) in [4.78, 5) is 261. The predicted octanol–water partition coefficient (Wildman–Crippen LogP) is -9.22. The van der Waals surface area contributed by atoms with Crippen molar-refractivity contribution in [3.63, 3.8) is 0 Å². The molecule has 0 radical (unpaired) electrons. The number of carboxylic acids is 4. The van der Waals surface area contributed by atoms with Gasteiger partial charge in [-0.3, -0.25) is 81.5 Å². The Bertz CT molecular complexity index is 3930. The molecular weight excluding hydrogens is 1510 g/mol. The Balaban J connectivity index is 1.60. The van der Waals surface area contributed by atoms with Crippen molar-refractivity contribution in [3.05, 3.63) is 90.5 Å². The number of aromatic amines is 3. The molecule has 46 heteroatoms. The molecule has 618 valence electrons. The zero-order chi connectivity index (χ0) is 84.2. The summed E-state index contributed by atoms with van der Waals surface area (Å²) < 4.78 is 0. The number of carbonyl (C=O) groups is 18. The van der Waals surface area contributed by atoms with Crippen LogP contribution in [0.15, 0.2) is 67.9 Å². The summed E-state index contributed by atoms with van der Waals surface area (Å²) in [7, 11) is 0. The second-order valence-corrected chi connectivity index (χ2v) is 26.9. The first-order chi connectivity index (χ1) is 53.4. The van der Waals surface area contributed by atoms with Gasteiger partial charge in [0.05, 0.1) is 55.9 Å². The van der Waals surface area contributed by atoms with E-state index in [0.717, 1.165) is 0 Å². The van der Waals surface area contributed by atoms with Crippen molar-refractivity contribution in [2.75, 3.05) is 18.6 Å². The normalized spacial score (nSPS) is 15.0. The summed E-state index contributed by atoms with van der Waals surface area (Å²) >= 11 is 1.20. The zero-order valence-electron chi connectivity index (χ0n) is 62.0. The van der Waals surface area contributed by atoms with Gasteiger partial charge in [0.1, 0.15) is 78.5 Å². The lowest BCUT2D eigenvalue weighted by atomic mass is 10.0. The number of quaternary nitrogens is 1. The third-order valence-electron chi connectivity index (χ3n) is 16.8. The van der Waals surface area contributed by atoms with E-state index >= 15 is 0 Å². The van der Waals surface area contributed by atoms with Gasteiger partial charge in [0.25, 0.3) is 5.91 Å². The zero-order valence-corrected chi connectivity index (χ0v) is 62.8. The van der Waals surface area contributed by atoms with Crippen LogP contribution in [-0.4, -0.2) is 276 Å². The maximum absolute atomic E-state index is 14.8.